The lowest BCUT2D eigenvalue weighted by molar-refractivity contribution is -0.144. The lowest BCUT2D eigenvalue weighted by Crippen LogP contribution is -2.37. The van der Waals surface area contributed by atoms with Gasteiger partial charge < -0.3 is 15.6 Å². The van der Waals surface area contributed by atoms with E-state index in [4.69, 9.17) is 0 Å². The number of rotatable bonds is 10. The molecule has 3 N–H and O–H groups in total. The normalized spacial score (nSPS) is 18.8. The molecule has 5 rings (SSSR count). The van der Waals surface area contributed by atoms with Crippen molar-refractivity contribution in [1.29, 1.82) is 5.26 Å². The first-order valence-electron chi connectivity index (χ1n) is 14.8. The molecule has 2 saturated carbocycles. The predicted molar refractivity (Wildman–Crippen MR) is 149 cm³/mol. The molecule has 1 aromatic carbocycles. The van der Waals surface area contributed by atoms with Crippen LogP contribution in [0.1, 0.15) is 104 Å². The Labute approximate surface area is 250 Å². The molecule has 14 heteroatoms. The molecule has 0 spiro atoms. The number of aromatic nitrogens is 4. The molecular weight excluding hydrogens is 585 g/mol. The molecule has 0 aliphatic heterocycles. The minimum absolute atomic E-state index is 0.0173. The highest BCUT2D eigenvalue weighted by Crippen LogP contribution is 2.41. The average Bonchev–Trinajstić information content (AvgIpc) is 3.56. The van der Waals surface area contributed by atoms with E-state index in [2.05, 4.69) is 25.7 Å². The standard InChI is InChI=1S/C30H34F5N7O2/c1-17(37-25(43)9-12-30(33,34)35)20-5-6-22-23(13-20)39-27(38-22)26(19-7-10-29(31,32)11-8-19)40-28(44)21-16-42(41-24(21)14-36)15-18-3-2-4-18/h5-6,13,16-19,26H,2-4,7-12,15H2,1H3,(H,37,43)(H,38,39)(H,40,44)/t17-,26+/m1/s1. The molecule has 0 radical (unpaired) electrons. The highest BCUT2D eigenvalue weighted by Gasteiger charge is 2.40. The summed E-state index contributed by atoms with van der Waals surface area (Å²) >= 11 is 0. The number of nitriles is 1. The Balaban J connectivity index is 1.37. The van der Waals surface area contributed by atoms with Crippen molar-refractivity contribution in [3.63, 3.8) is 0 Å². The molecule has 3 aromatic rings. The summed E-state index contributed by atoms with van der Waals surface area (Å²) in [7, 11) is 0. The number of hydrogen-bond acceptors (Lipinski definition) is 5. The van der Waals surface area contributed by atoms with Gasteiger partial charge in [-0.25, -0.2) is 13.8 Å². The third kappa shape index (κ3) is 7.54. The number of aromatic amines is 1. The van der Waals surface area contributed by atoms with E-state index in [9.17, 15) is 36.8 Å². The number of imidazole rings is 1. The maximum atomic E-state index is 14.1. The molecule has 2 aromatic heterocycles. The highest BCUT2D eigenvalue weighted by molar-refractivity contribution is 5.96. The zero-order valence-corrected chi connectivity index (χ0v) is 24.2. The number of hydrogen-bond donors (Lipinski definition) is 3. The lowest BCUT2D eigenvalue weighted by Gasteiger charge is -2.33. The second-order valence-corrected chi connectivity index (χ2v) is 12.0. The first kappa shape index (κ1) is 31.4. The first-order chi connectivity index (χ1) is 20.8. The van der Waals surface area contributed by atoms with Crippen LogP contribution < -0.4 is 10.6 Å². The van der Waals surface area contributed by atoms with Crippen LogP contribution in [0.15, 0.2) is 24.4 Å². The molecule has 236 valence electrons. The third-order valence-corrected chi connectivity index (χ3v) is 8.64. The van der Waals surface area contributed by atoms with Crippen molar-refractivity contribution in [2.75, 3.05) is 0 Å². The number of halogens is 5. The number of nitrogens with one attached hydrogen (secondary N) is 3. The number of carbonyl (C=O) groups is 2. The van der Waals surface area contributed by atoms with Crippen LogP contribution in [0.25, 0.3) is 11.0 Å². The first-order valence-corrected chi connectivity index (χ1v) is 14.8. The molecule has 2 aliphatic rings. The molecule has 2 aliphatic carbocycles. The number of benzene rings is 1. The Morgan fingerprint density at radius 1 is 1.18 bits per heavy atom. The summed E-state index contributed by atoms with van der Waals surface area (Å²) in [4.78, 5) is 33.4. The molecule has 0 unspecified atom stereocenters. The maximum Gasteiger partial charge on any atom is 0.389 e. The molecule has 2 atom stereocenters. The van der Waals surface area contributed by atoms with E-state index in [1.165, 1.54) is 0 Å². The summed E-state index contributed by atoms with van der Waals surface area (Å²) in [5, 5.41) is 19.4. The Morgan fingerprint density at radius 2 is 1.91 bits per heavy atom. The summed E-state index contributed by atoms with van der Waals surface area (Å²) in [6.07, 6.45) is -1.89. The van der Waals surface area contributed by atoms with E-state index in [-0.39, 0.29) is 42.9 Å². The second-order valence-electron chi connectivity index (χ2n) is 12.0. The minimum atomic E-state index is -4.43. The molecule has 44 heavy (non-hydrogen) atoms. The Morgan fingerprint density at radius 3 is 2.55 bits per heavy atom. The van der Waals surface area contributed by atoms with E-state index in [1.54, 1.807) is 36.0 Å². The Hall–Kier alpha value is -4.02. The topological polar surface area (TPSA) is 128 Å². The maximum absolute atomic E-state index is 14.1. The SMILES string of the molecule is C[C@@H](NC(=O)CCC(F)(F)F)c1ccc2[nH]c([C@@H](NC(=O)c3cn(CC4CCC4)nc3C#N)C3CCC(F)(F)CC3)nc2c1. The summed E-state index contributed by atoms with van der Waals surface area (Å²) in [6, 6.07) is 5.68. The van der Waals surface area contributed by atoms with E-state index in [1.807, 2.05) is 6.07 Å². The van der Waals surface area contributed by atoms with E-state index in [0.717, 1.165) is 19.3 Å². The molecule has 0 bridgehead atoms. The van der Waals surface area contributed by atoms with Crippen molar-refractivity contribution in [2.45, 2.75) is 95.4 Å². The molecular formula is C30H34F5N7O2. The van der Waals surface area contributed by atoms with Gasteiger partial charge in [-0.3, -0.25) is 14.3 Å². The van der Waals surface area contributed by atoms with Crippen LogP contribution in [0.5, 0.6) is 0 Å². The number of H-pyrrole nitrogens is 1. The monoisotopic (exact) mass is 619 g/mol. The minimum Gasteiger partial charge on any atom is -0.350 e. The summed E-state index contributed by atoms with van der Waals surface area (Å²) in [6.45, 7) is 2.25. The summed E-state index contributed by atoms with van der Waals surface area (Å²) < 4.78 is 67.2. The largest absolute Gasteiger partial charge is 0.389 e. The zero-order valence-electron chi connectivity index (χ0n) is 24.2. The van der Waals surface area contributed by atoms with Gasteiger partial charge in [-0.2, -0.15) is 23.5 Å². The van der Waals surface area contributed by atoms with E-state index in [0.29, 0.717) is 34.9 Å². The molecule has 2 heterocycles. The van der Waals surface area contributed by atoms with Gasteiger partial charge in [0.2, 0.25) is 11.8 Å². The van der Waals surface area contributed by atoms with Crippen molar-refractivity contribution in [3.05, 3.63) is 47.0 Å². The van der Waals surface area contributed by atoms with Gasteiger partial charge in [0.1, 0.15) is 11.9 Å². The van der Waals surface area contributed by atoms with Crippen LogP contribution in [-0.2, 0) is 11.3 Å². The fraction of sp³-hybridized carbons (Fsp3) is 0.567. The van der Waals surface area contributed by atoms with Crippen molar-refractivity contribution < 1.29 is 31.5 Å². The van der Waals surface area contributed by atoms with Gasteiger partial charge in [0.15, 0.2) is 5.69 Å². The van der Waals surface area contributed by atoms with Crippen LogP contribution in [0.3, 0.4) is 0 Å². The number of carbonyl (C=O) groups excluding carboxylic acids is 2. The highest BCUT2D eigenvalue weighted by atomic mass is 19.4. The lowest BCUT2D eigenvalue weighted by atomic mass is 9.81. The third-order valence-electron chi connectivity index (χ3n) is 8.64. The van der Waals surface area contributed by atoms with E-state index >= 15 is 0 Å². The number of nitrogens with zero attached hydrogens (tertiary/aromatic N) is 4. The number of fused-ring (bicyclic) bond motifs is 1. The van der Waals surface area contributed by atoms with Gasteiger partial charge in [0.25, 0.3) is 5.91 Å². The second kappa shape index (κ2) is 12.5. The van der Waals surface area contributed by atoms with Crippen LogP contribution in [0, 0.1) is 23.2 Å². The van der Waals surface area contributed by atoms with Crippen molar-refractivity contribution in [3.8, 4) is 6.07 Å². The quantitative estimate of drug-likeness (QED) is 0.231. The molecule has 2 amide bonds. The van der Waals surface area contributed by atoms with Gasteiger partial charge in [-0.05, 0) is 62.1 Å². The van der Waals surface area contributed by atoms with Gasteiger partial charge in [0, 0.05) is 32.0 Å². The van der Waals surface area contributed by atoms with Gasteiger partial charge >= 0.3 is 6.18 Å². The van der Waals surface area contributed by atoms with Crippen molar-refractivity contribution >= 4 is 22.8 Å². The average molecular weight is 620 g/mol. The zero-order chi connectivity index (χ0) is 31.6. The van der Waals surface area contributed by atoms with Crippen LogP contribution >= 0.6 is 0 Å². The predicted octanol–water partition coefficient (Wildman–Crippen LogP) is 6.25. The molecule has 0 saturated heterocycles. The van der Waals surface area contributed by atoms with Gasteiger partial charge in [-0.15, -0.1) is 0 Å². The summed E-state index contributed by atoms with van der Waals surface area (Å²) in [5.74, 6) is -3.64. The number of amides is 2. The van der Waals surface area contributed by atoms with Crippen LogP contribution in [0.4, 0.5) is 22.0 Å². The van der Waals surface area contributed by atoms with Crippen molar-refractivity contribution in [1.82, 2.24) is 30.4 Å². The number of alkyl halides is 5. The summed E-state index contributed by atoms with van der Waals surface area (Å²) in [5.41, 5.74) is 1.75. The molecule has 2 fully saturated rings. The fourth-order valence-electron chi connectivity index (χ4n) is 5.84. The smallest absolute Gasteiger partial charge is 0.350 e. The Bertz CT molecular complexity index is 1540. The van der Waals surface area contributed by atoms with Crippen molar-refractivity contribution in [2.24, 2.45) is 11.8 Å². The van der Waals surface area contributed by atoms with Crippen LogP contribution in [-0.4, -0.2) is 43.7 Å². The fourth-order valence-corrected chi connectivity index (χ4v) is 5.84. The van der Waals surface area contributed by atoms with Crippen LogP contribution in [0.2, 0.25) is 0 Å². The van der Waals surface area contributed by atoms with Gasteiger partial charge in [0.05, 0.1) is 35.1 Å². The van der Waals surface area contributed by atoms with E-state index < -0.39 is 48.8 Å². The Kier molecular flexibility index (Phi) is 8.95. The van der Waals surface area contributed by atoms with Gasteiger partial charge in [-0.1, -0.05) is 12.5 Å². The molecule has 9 nitrogen and oxygen atoms in total.